The lowest BCUT2D eigenvalue weighted by Gasteiger charge is -2.05. The van der Waals surface area contributed by atoms with E-state index in [-0.39, 0.29) is 21.5 Å². The van der Waals surface area contributed by atoms with E-state index in [2.05, 4.69) is 25.5 Å². The van der Waals surface area contributed by atoms with Gasteiger partial charge < -0.3 is 10.4 Å². The number of aromatic amines is 1. The van der Waals surface area contributed by atoms with E-state index in [1.165, 1.54) is 12.1 Å². The van der Waals surface area contributed by atoms with Gasteiger partial charge in [-0.1, -0.05) is 0 Å². The Bertz CT molecular complexity index is 1060. The molecule has 26 heavy (non-hydrogen) atoms. The van der Waals surface area contributed by atoms with Crippen molar-refractivity contribution in [2.45, 2.75) is 23.0 Å². The first kappa shape index (κ1) is 16.7. The number of anilines is 2. The number of aromatic carboxylic acids is 1. The second-order valence-electron chi connectivity index (χ2n) is 5.77. The van der Waals surface area contributed by atoms with Crippen LogP contribution in [-0.2, 0) is 10.7 Å². The molecule has 11 heteroatoms. The smallest absolute Gasteiger partial charge is 0.354 e. The van der Waals surface area contributed by atoms with Gasteiger partial charge in [-0.15, -0.1) is 11.3 Å². The van der Waals surface area contributed by atoms with Crippen molar-refractivity contribution >= 4 is 39.6 Å². The van der Waals surface area contributed by atoms with Gasteiger partial charge in [0.2, 0.25) is 0 Å². The van der Waals surface area contributed by atoms with Crippen LogP contribution in [0.25, 0.3) is 10.7 Å². The lowest BCUT2D eigenvalue weighted by atomic mass is 10.3. The summed E-state index contributed by atoms with van der Waals surface area (Å²) in [5.74, 6) is 0.236. The van der Waals surface area contributed by atoms with Gasteiger partial charge in [0.25, 0.3) is 0 Å². The van der Waals surface area contributed by atoms with Crippen LogP contribution < -0.4 is 5.32 Å². The van der Waals surface area contributed by atoms with E-state index in [0.29, 0.717) is 16.6 Å². The van der Waals surface area contributed by atoms with Gasteiger partial charge in [-0.05, 0) is 25.0 Å². The maximum Gasteiger partial charge on any atom is 0.354 e. The molecule has 0 atom stereocenters. The molecule has 0 amide bonds. The van der Waals surface area contributed by atoms with Gasteiger partial charge in [0.1, 0.15) is 10.0 Å². The summed E-state index contributed by atoms with van der Waals surface area (Å²) < 4.78 is 22.3. The highest BCUT2D eigenvalue weighted by Crippen LogP contribution is 2.39. The van der Waals surface area contributed by atoms with Gasteiger partial charge in [0, 0.05) is 23.7 Å². The molecular weight excluding hydrogens is 378 g/mol. The summed E-state index contributed by atoms with van der Waals surface area (Å²) >= 11 is 0.982. The van der Waals surface area contributed by atoms with Crippen LogP contribution in [0.1, 0.15) is 34.9 Å². The zero-order valence-electron chi connectivity index (χ0n) is 13.2. The molecule has 3 heterocycles. The Morgan fingerprint density at radius 2 is 2.04 bits per heavy atom. The number of carbonyl (C=O) groups is 1. The normalized spacial score (nSPS) is 13.9. The fourth-order valence-corrected chi connectivity index (χ4v) is 3.88. The molecule has 0 aliphatic heterocycles. The Kier molecular flexibility index (Phi) is 4.17. The van der Waals surface area contributed by atoms with E-state index in [4.69, 9.17) is 0 Å². The molecule has 3 N–H and O–H groups in total. The number of carboxylic acids is 1. The molecule has 3 aromatic rings. The van der Waals surface area contributed by atoms with Gasteiger partial charge >= 0.3 is 5.97 Å². The number of carboxylic acid groups (broad SMARTS) is 1. The maximum atomic E-state index is 11.4. The predicted molar refractivity (Wildman–Crippen MR) is 94.7 cm³/mol. The highest BCUT2D eigenvalue weighted by Gasteiger charge is 2.25. The minimum atomic E-state index is -2.71. The molecule has 1 saturated carbocycles. The molecule has 3 aromatic heterocycles. The first-order valence-electron chi connectivity index (χ1n) is 7.69. The van der Waals surface area contributed by atoms with E-state index < -0.39 is 16.7 Å². The number of thiophene rings is 1. The van der Waals surface area contributed by atoms with Crippen molar-refractivity contribution in [1.82, 2.24) is 20.2 Å². The molecule has 1 fully saturated rings. The van der Waals surface area contributed by atoms with Crippen molar-refractivity contribution in [3.8, 4) is 10.7 Å². The fraction of sp³-hybridized carbons (Fsp3) is 0.200. The summed E-state index contributed by atoms with van der Waals surface area (Å²) in [4.78, 5) is 20.1. The largest absolute Gasteiger partial charge is 0.477 e. The summed E-state index contributed by atoms with van der Waals surface area (Å²) in [6, 6.07) is 6.16. The Hall–Kier alpha value is -2.79. The lowest BCUT2D eigenvalue weighted by molar-refractivity contribution is 0.0690. The average Bonchev–Trinajstić information content (AvgIpc) is 3.15. The maximum absolute atomic E-state index is 11.4. The number of hydrogen-bond acceptors (Lipinski definition) is 8. The van der Waals surface area contributed by atoms with Crippen molar-refractivity contribution in [2.75, 3.05) is 5.32 Å². The summed E-state index contributed by atoms with van der Waals surface area (Å²) in [5.41, 5.74) is 0.833. The zero-order chi connectivity index (χ0) is 18.3. The average molecular weight is 391 g/mol. The van der Waals surface area contributed by atoms with Crippen molar-refractivity contribution in [1.29, 1.82) is 0 Å². The molecule has 9 nitrogen and oxygen atoms in total. The number of H-pyrrole nitrogens is 1. The summed E-state index contributed by atoms with van der Waals surface area (Å²) in [7, 11) is -2.71. The van der Waals surface area contributed by atoms with Crippen LogP contribution in [0, 0.1) is 0 Å². The van der Waals surface area contributed by atoms with E-state index in [1.54, 1.807) is 6.07 Å². The summed E-state index contributed by atoms with van der Waals surface area (Å²) in [6.45, 7) is 0. The third-order valence-electron chi connectivity index (χ3n) is 3.81. The molecule has 0 radical (unpaired) electrons. The van der Waals surface area contributed by atoms with Crippen LogP contribution in [-0.4, -0.2) is 39.7 Å². The second kappa shape index (κ2) is 6.50. The van der Waals surface area contributed by atoms with Crippen LogP contribution in [0.2, 0.25) is 0 Å². The Morgan fingerprint density at radius 1 is 1.23 bits per heavy atom. The molecule has 0 aromatic carbocycles. The lowest BCUT2D eigenvalue weighted by Crippen LogP contribution is -2.05. The third-order valence-corrected chi connectivity index (χ3v) is 5.92. The molecule has 0 spiro atoms. The van der Waals surface area contributed by atoms with Crippen LogP contribution in [0.3, 0.4) is 0 Å². The van der Waals surface area contributed by atoms with E-state index in [1.807, 2.05) is 6.07 Å². The van der Waals surface area contributed by atoms with E-state index in [0.717, 1.165) is 29.9 Å². The number of aromatic nitrogens is 4. The van der Waals surface area contributed by atoms with Gasteiger partial charge in [0.05, 0.1) is 4.88 Å². The number of rotatable bonds is 6. The second-order valence-corrected chi connectivity index (χ2v) is 8.15. The predicted octanol–water partition coefficient (Wildman–Crippen LogP) is 2.22. The topological polar surface area (TPSA) is 138 Å². The first-order valence-corrected chi connectivity index (χ1v) is 9.68. The summed E-state index contributed by atoms with van der Waals surface area (Å²) in [5, 5.41) is 19.4. The minimum absolute atomic E-state index is 0.137. The molecule has 0 bridgehead atoms. The molecule has 1 aliphatic carbocycles. The number of nitrogens with zero attached hydrogens (tertiary/aromatic N) is 3. The third kappa shape index (κ3) is 3.44. The number of thiol groups is 1. The fourth-order valence-electron chi connectivity index (χ4n) is 2.41. The SMILES string of the molecule is O=C(O)c1cc(Nc2cc(C3CC3)[nH]n2)nc(-c2ccc([SH](=O)=O)s2)n1. The Labute approximate surface area is 153 Å². The van der Waals surface area contributed by atoms with Crippen molar-refractivity contribution in [3.05, 3.63) is 35.7 Å². The van der Waals surface area contributed by atoms with E-state index >= 15 is 0 Å². The van der Waals surface area contributed by atoms with Crippen molar-refractivity contribution in [2.24, 2.45) is 0 Å². The molecule has 0 unspecified atom stereocenters. The molecule has 0 saturated heterocycles. The molecule has 134 valence electrons. The molecule has 4 rings (SSSR count). The van der Waals surface area contributed by atoms with Crippen LogP contribution in [0.4, 0.5) is 11.6 Å². The van der Waals surface area contributed by atoms with Gasteiger partial charge in [-0.25, -0.2) is 23.2 Å². The van der Waals surface area contributed by atoms with Gasteiger partial charge in [0.15, 0.2) is 28.0 Å². The first-order chi connectivity index (χ1) is 12.5. The number of nitrogens with one attached hydrogen (secondary N) is 2. The van der Waals surface area contributed by atoms with Gasteiger partial charge in [-0.2, -0.15) is 5.10 Å². The summed E-state index contributed by atoms with van der Waals surface area (Å²) in [6.07, 6.45) is 2.26. The van der Waals surface area contributed by atoms with Gasteiger partial charge in [-0.3, -0.25) is 5.10 Å². The molecule has 1 aliphatic rings. The Balaban J connectivity index is 1.68. The van der Waals surface area contributed by atoms with Crippen LogP contribution in [0.15, 0.2) is 28.5 Å². The highest BCUT2D eigenvalue weighted by atomic mass is 32.2. The highest BCUT2D eigenvalue weighted by molar-refractivity contribution is 7.75. The monoisotopic (exact) mass is 391 g/mol. The molecular formula is C15H13N5O4S2. The van der Waals surface area contributed by atoms with Crippen LogP contribution in [0.5, 0.6) is 0 Å². The number of hydrogen-bond donors (Lipinski definition) is 4. The Morgan fingerprint density at radius 3 is 2.69 bits per heavy atom. The quantitative estimate of drug-likeness (QED) is 0.469. The minimum Gasteiger partial charge on any atom is -0.477 e. The zero-order valence-corrected chi connectivity index (χ0v) is 14.9. The van der Waals surface area contributed by atoms with Crippen LogP contribution >= 0.6 is 11.3 Å². The van der Waals surface area contributed by atoms with E-state index in [9.17, 15) is 18.3 Å². The van der Waals surface area contributed by atoms with Crippen molar-refractivity contribution < 1.29 is 18.3 Å². The standard InChI is InChI=1S/C15H13N5O4S2/c21-15(22)9-6-11(17-12-5-8(19-20-12)7-1-2-7)18-14(16-9)10-3-4-13(25-10)26(23)24/h3-7,26H,1-2H2,(H,21,22)(H2,16,17,18,19,20). The van der Waals surface area contributed by atoms with Crippen molar-refractivity contribution in [3.63, 3.8) is 0 Å².